The van der Waals surface area contributed by atoms with Gasteiger partial charge in [0.15, 0.2) is 0 Å². The van der Waals surface area contributed by atoms with E-state index < -0.39 is 5.97 Å². The third-order valence-corrected chi connectivity index (χ3v) is 1.46. The zero-order valence-electron chi connectivity index (χ0n) is 6.68. The van der Waals surface area contributed by atoms with Gasteiger partial charge in [0.2, 0.25) is 0 Å². The van der Waals surface area contributed by atoms with Crippen LogP contribution in [-0.2, 0) is 9.47 Å². The van der Waals surface area contributed by atoms with Gasteiger partial charge in [0.05, 0.1) is 13.2 Å². The monoisotopic (exact) mass is 146 g/mol. The molecule has 0 unspecified atom stereocenters. The molecule has 3 heteroatoms. The molecule has 0 radical (unpaired) electrons. The van der Waals surface area contributed by atoms with Crippen molar-refractivity contribution in [1.82, 2.24) is 0 Å². The molecule has 0 aromatic rings. The van der Waals surface area contributed by atoms with E-state index in [0.717, 1.165) is 0 Å². The highest BCUT2D eigenvalue weighted by Gasteiger charge is 2.34. The molecule has 1 N–H and O–H groups in total. The molecule has 1 aliphatic heterocycles. The van der Waals surface area contributed by atoms with Crippen molar-refractivity contribution in [2.45, 2.75) is 26.7 Å². The highest BCUT2D eigenvalue weighted by atomic mass is 16.8. The summed E-state index contributed by atoms with van der Waals surface area (Å²) in [6.07, 6.45) is 0. The Balaban J connectivity index is 2.46. The SMILES string of the molecule is CC1(C)COC(C)(O)OC1. The average Bonchev–Trinajstić information content (AvgIpc) is 1.79. The molecule has 10 heavy (non-hydrogen) atoms. The van der Waals surface area contributed by atoms with Crippen LogP contribution in [0.15, 0.2) is 0 Å². The van der Waals surface area contributed by atoms with Gasteiger partial charge in [0.1, 0.15) is 0 Å². The fourth-order valence-electron chi connectivity index (χ4n) is 0.742. The normalized spacial score (nSPS) is 30.0. The van der Waals surface area contributed by atoms with Crippen LogP contribution in [-0.4, -0.2) is 24.3 Å². The number of hydrogen-bond acceptors (Lipinski definition) is 3. The number of ether oxygens (including phenoxy) is 2. The van der Waals surface area contributed by atoms with E-state index in [0.29, 0.717) is 13.2 Å². The van der Waals surface area contributed by atoms with Crippen LogP contribution in [0.25, 0.3) is 0 Å². The molecule has 1 saturated heterocycles. The fraction of sp³-hybridized carbons (Fsp3) is 1.00. The highest BCUT2D eigenvalue weighted by molar-refractivity contribution is 4.71. The molecule has 0 saturated carbocycles. The summed E-state index contributed by atoms with van der Waals surface area (Å²) in [5.74, 6) is -1.37. The van der Waals surface area contributed by atoms with Gasteiger partial charge < -0.3 is 14.6 Å². The van der Waals surface area contributed by atoms with E-state index in [2.05, 4.69) is 0 Å². The zero-order valence-corrected chi connectivity index (χ0v) is 6.68. The molecule has 0 aliphatic carbocycles. The van der Waals surface area contributed by atoms with Crippen molar-refractivity contribution in [2.24, 2.45) is 5.41 Å². The first-order valence-electron chi connectivity index (χ1n) is 3.42. The summed E-state index contributed by atoms with van der Waals surface area (Å²) in [7, 11) is 0. The Morgan fingerprint density at radius 1 is 1.10 bits per heavy atom. The molecule has 0 atom stereocenters. The van der Waals surface area contributed by atoms with E-state index in [1.807, 2.05) is 13.8 Å². The molecule has 1 aliphatic rings. The van der Waals surface area contributed by atoms with Crippen LogP contribution >= 0.6 is 0 Å². The fourth-order valence-corrected chi connectivity index (χ4v) is 0.742. The van der Waals surface area contributed by atoms with Crippen molar-refractivity contribution in [3.8, 4) is 0 Å². The first kappa shape index (κ1) is 7.98. The van der Waals surface area contributed by atoms with Gasteiger partial charge in [-0.3, -0.25) is 0 Å². The van der Waals surface area contributed by atoms with Crippen molar-refractivity contribution >= 4 is 0 Å². The van der Waals surface area contributed by atoms with Crippen LogP contribution in [0, 0.1) is 5.41 Å². The van der Waals surface area contributed by atoms with Gasteiger partial charge in [-0.15, -0.1) is 0 Å². The van der Waals surface area contributed by atoms with Gasteiger partial charge in [-0.2, -0.15) is 0 Å². The van der Waals surface area contributed by atoms with E-state index in [1.165, 1.54) is 6.92 Å². The first-order chi connectivity index (χ1) is 4.41. The van der Waals surface area contributed by atoms with Crippen LogP contribution in [0.5, 0.6) is 0 Å². The van der Waals surface area contributed by atoms with Gasteiger partial charge in [-0.1, -0.05) is 13.8 Å². The predicted molar refractivity (Wildman–Crippen MR) is 36.3 cm³/mol. The topological polar surface area (TPSA) is 38.7 Å². The zero-order chi connectivity index (χ0) is 7.83. The molecule has 1 heterocycles. The largest absolute Gasteiger partial charge is 0.344 e. The second-order valence-electron chi connectivity index (χ2n) is 3.64. The smallest absolute Gasteiger partial charge is 0.277 e. The minimum absolute atomic E-state index is 0.0300. The minimum Gasteiger partial charge on any atom is -0.344 e. The maximum atomic E-state index is 9.16. The standard InChI is InChI=1S/C7H14O3/c1-6(2)4-9-7(3,8)10-5-6/h8H,4-5H2,1-3H3. The molecule has 0 bridgehead atoms. The lowest BCUT2D eigenvalue weighted by Gasteiger charge is -2.37. The van der Waals surface area contributed by atoms with Crippen LogP contribution < -0.4 is 0 Å². The van der Waals surface area contributed by atoms with Gasteiger partial charge >= 0.3 is 0 Å². The predicted octanol–water partition coefficient (Wildman–Crippen LogP) is 0.725. The van der Waals surface area contributed by atoms with Crippen LogP contribution in [0.4, 0.5) is 0 Å². The molecule has 0 amide bonds. The van der Waals surface area contributed by atoms with Crippen molar-refractivity contribution in [2.75, 3.05) is 13.2 Å². The summed E-state index contributed by atoms with van der Waals surface area (Å²) in [6.45, 7) is 6.65. The van der Waals surface area contributed by atoms with E-state index in [4.69, 9.17) is 14.6 Å². The van der Waals surface area contributed by atoms with Gasteiger partial charge in [-0.05, 0) is 0 Å². The summed E-state index contributed by atoms with van der Waals surface area (Å²) < 4.78 is 10.0. The van der Waals surface area contributed by atoms with Crippen molar-refractivity contribution in [3.05, 3.63) is 0 Å². The summed E-state index contributed by atoms with van der Waals surface area (Å²) in [4.78, 5) is 0. The Hall–Kier alpha value is -0.120. The molecule has 1 fully saturated rings. The maximum Gasteiger partial charge on any atom is 0.277 e. The molecule has 1 rings (SSSR count). The average molecular weight is 146 g/mol. The Kier molecular flexibility index (Phi) is 1.75. The summed E-state index contributed by atoms with van der Waals surface area (Å²) >= 11 is 0. The number of rotatable bonds is 0. The van der Waals surface area contributed by atoms with E-state index in [1.54, 1.807) is 0 Å². The molecule has 3 nitrogen and oxygen atoms in total. The molecule has 60 valence electrons. The van der Waals surface area contributed by atoms with Crippen molar-refractivity contribution < 1.29 is 14.6 Å². The van der Waals surface area contributed by atoms with E-state index in [-0.39, 0.29) is 5.41 Å². The molecular weight excluding hydrogens is 132 g/mol. The van der Waals surface area contributed by atoms with Crippen LogP contribution in [0.2, 0.25) is 0 Å². The highest BCUT2D eigenvalue weighted by Crippen LogP contribution is 2.26. The quantitative estimate of drug-likeness (QED) is 0.547. The van der Waals surface area contributed by atoms with Crippen LogP contribution in [0.1, 0.15) is 20.8 Å². The lowest BCUT2D eigenvalue weighted by atomic mass is 9.95. The van der Waals surface area contributed by atoms with Gasteiger partial charge in [0, 0.05) is 12.3 Å². The van der Waals surface area contributed by atoms with E-state index >= 15 is 0 Å². The molecular formula is C7H14O3. The second-order valence-corrected chi connectivity index (χ2v) is 3.64. The Bertz CT molecular complexity index is 101. The molecule has 0 aromatic heterocycles. The third-order valence-electron chi connectivity index (χ3n) is 1.46. The van der Waals surface area contributed by atoms with Crippen LogP contribution in [0.3, 0.4) is 0 Å². The van der Waals surface area contributed by atoms with E-state index in [9.17, 15) is 0 Å². The number of hydrogen-bond donors (Lipinski definition) is 1. The molecule has 0 spiro atoms. The first-order valence-corrected chi connectivity index (χ1v) is 3.42. The Labute approximate surface area is 60.9 Å². The Morgan fingerprint density at radius 2 is 1.50 bits per heavy atom. The van der Waals surface area contributed by atoms with Crippen molar-refractivity contribution in [1.29, 1.82) is 0 Å². The summed E-state index contributed by atoms with van der Waals surface area (Å²) in [5, 5.41) is 9.16. The molecule has 0 aromatic carbocycles. The summed E-state index contributed by atoms with van der Waals surface area (Å²) in [6, 6.07) is 0. The number of aliphatic hydroxyl groups is 1. The lowest BCUT2D eigenvalue weighted by molar-refractivity contribution is -0.390. The Morgan fingerprint density at radius 3 is 1.80 bits per heavy atom. The second kappa shape index (κ2) is 2.19. The van der Waals surface area contributed by atoms with Gasteiger partial charge in [0.25, 0.3) is 5.97 Å². The summed E-state index contributed by atoms with van der Waals surface area (Å²) in [5.41, 5.74) is 0.0300. The van der Waals surface area contributed by atoms with Gasteiger partial charge in [-0.25, -0.2) is 0 Å². The van der Waals surface area contributed by atoms with Crippen molar-refractivity contribution in [3.63, 3.8) is 0 Å². The minimum atomic E-state index is -1.37. The maximum absolute atomic E-state index is 9.16. The third kappa shape index (κ3) is 1.94. The lowest BCUT2D eigenvalue weighted by Crippen LogP contribution is -2.45.